The quantitative estimate of drug-likeness (QED) is 0.839. The normalized spacial score (nSPS) is 15.1. The number of nitriles is 1. The Balaban J connectivity index is 3.10. The maximum absolute atomic E-state index is 13.2. The minimum atomic E-state index is -4.88. The van der Waals surface area contributed by atoms with Crippen LogP contribution < -0.4 is 4.72 Å². The van der Waals surface area contributed by atoms with Crippen LogP contribution in [-0.4, -0.2) is 13.7 Å². The van der Waals surface area contributed by atoms with E-state index in [0.29, 0.717) is 12.1 Å². The van der Waals surface area contributed by atoms with E-state index in [2.05, 4.69) is 4.72 Å². The van der Waals surface area contributed by atoms with Gasteiger partial charge in [0.05, 0.1) is 11.6 Å². The van der Waals surface area contributed by atoms with Crippen LogP contribution in [0, 0.1) is 17.1 Å². The highest BCUT2D eigenvalue weighted by atomic mass is 32.2. The van der Waals surface area contributed by atoms with Gasteiger partial charge in [-0.2, -0.15) is 18.4 Å². The monoisotopic (exact) mass is 338 g/mol. The second-order valence-electron chi connectivity index (χ2n) is 4.65. The highest BCUT2D eigenvalue weighted by Crippen LogP contribution is 2.33. The average molecular weight is 338 g/mol. The molecule has 0 aliphatic rings. The van der Waals surface area contributed by atoms with Crippen LogP contribution in [0.4, 0.5) is 17.6 Å². The van der Waals surface area contributed by atoms with Gasteiger partial charge in [-0.25, -0.2) is 17.5 Å². The van der Waals surface area contributed by atoms with Crippen LogP contribution in [0.2, 0.25) is 0 Å². The predicted octanol–water partition coefficient (Wildman–Crippen LogP) is 3.13. The van der Waals surface area contributed by atoms with Gasteiger partial charge in [0, 0.05) is 6.04 Å². The number of nitrogens with zero attached hydrogens (tertiary/aromatic N) is 1. The lowest BCUT2D eigenvalue weighted by Gasteiger charge is -2.18. The topological polar surface area (TPSA) is 70.0 Å². The first-order chi connectivity index (χ1) is 10.0. The SMILES string of the molecule is CC[C@H](C#N)S(=O)(=O)N[C@@H](C)c1ccc(F)c(C(F)(F)F)c1. The maximum Gasteiger partial charge on any atom is 0.419 e. The Bertz CT molecular complexity index is 680. The fourth-order valence-corrected chi connectivity index (χ4v) is 3.18. The van der Waals surface area contributed by atoms with E-state index >= 15 is 0 Å². The standard InChI is InChI=1S/C13H14F4N2O2S/c1-3-10(7-18)22(20,21)19-8(2)9-4-5-12(14)11(6-9)13(15,16)17/h4-6,8,10,19H,3H2,1-2H3/t8-,10+/m0/s1. The lowest BCUT2D eigenvalue weighted by molar-refractivity contribution is -0.140. The molecule has 0 radical (unpaired) electrons. The molecule has 22 heavy (non-hydrogen) atoms. The molecule has 0 aromatic heterocycles. The third kappa shape index (κ3) is 4.18. The zero-order valence-corrected chi connectivity index (χ0v) is 12.6. The second kappa shape index (κ2) is 6.62. The first-order valence-corrected chi connectivity index (χ1v) is 7.85. The van der Waals surface area contributed by atoms with E-state index in [1.54, 1.807) is 6.07 Å². The number of hydrogen-bond acceptors (Lipinski definition) is 3. The number of nitrogens with one attached hydrogen (secondary N) is 1. The maximum atomic E-state index is 13.2. The molecule has 2 atom stereocenters. The summed E-state index contributed by atoms with van der Waals surface area (Å²) in [5.74, 6) is -1.44. The van der Waals surface area contributed by atoms with Crippen LogP contribution in [0.1, 0.15) is 37.4 Å². The van der Waals surface area contributed by atoms with Gasteiger partial charge in [0.15, 0.2) is 5.25 Å². The minimum Gasteiger partial charge on any atom is -0.211 e. The summed E-state index contributed by atoms with van der Waals surface area (Å²) in [4.78, 5) is 0. The molecule has 1 aromatic carbocycles. The van der Waals surface area contributed by atoms with Gasteiger partial charge in [-0.1, -0.05) is 13.0 Å². The molecule has 0 unspecified atom stereocenters. The van der Waals surface area contributed by atoms with Gasteiger partial charge in [-0.05, 0) is 31.0 Å². The molecule has 1 aromatic rings. The van der Waals surface area contributed by atoms with Crippen molar-refractivity contribution in [2.75, 3.05) is 0 Å². The van der Waals surface area contributed by atoms with Gasteiger partial charge < -0.3 is 0 Å². The third-order valence-corrected chi connectivity index (χ3v) is 4.90. The van der Waals surface area contributed by atoms with Crippen LogP contribution >= 0.6 is 0 Å². The number of rotatable bonds is 5. The van der Waals surface area contributed by atoms with Crippen molar-refractivity contribution >= 4 is 10.0 Å². The van der Waals surface area contributed by atoms with E-state index in [4.69, 9.17) is 5.26 Å². The van der Waals surface area contributed by atoms with Gasteiger partial charge in [0.25, 0.3) is 0 Å². The number of alkyl halides is 3. The van der Waals surface area contributed by atoms with Crippen LogP contribution in [0.25, 0.3) is 0 Å². The zero-order valence-electron chi connectivity index (χ0n) is 11.8. The Kier molecular flexibility index (Phi) is 5.54. The van der Waals surface area contributed by atoms with E-state index in [1.165, 1.54) is 13.8 Å². The molecule has 0 heterocycles. The lowest BCUT2D eigenvalue weighted by Crippen LogP contribution is -2.35. The van der Waals surface area contributed by atoms with Gasteiger partial charge in [0.1, 0.15) is 5.82 Å². The molecule has 1 N–H and O–H groups in total. The first-order valence-electron chi connectivity index (χ1n) is 6.30. The molecule has 0 spiro atoms. The molecule has 9 heteroatoms. The molecule has 0 amide bonds. The molecule has 4 nitrogen and oxygen atoms in total. The van der Waals surface area contributed by atoms with E-state index in [0.717, 1.165) is 6.07 Å². The summed E-state index contributed by atoms with van der Waals surface area (Å²) in [6.45, 7) is 2.81. The van der Waals surface area contributed by atoms with Crippen LogP contribution in [0.5, 0.6) is 0 Å². The summed E-state index contributed by atoms with van der Waals surface area (Å²) in [7, 11) is -4.01. The Labute approximate surface area is 125 Å². The fourth-order valence-electron chi connectivity index (χ4n) is 1.81. The highest BCUT2D eigenvalue weighted by molar-refractivity contribution is 7.90. The van der Waals surface area contributed by atoms with Crippen molar-refractivity contribution in [2.24, 2.45) is 0 Å². The summed E-state index contributed by atoms with van der Waals surface area (Å²) < 4.78 is 77.1. The largest absolute Gasteiger partial charge is 0.419 e. The molecule has 0 aliphatic heterocycles. The highest BCUT2D eigenvalue weighted by Gasteiger charge is 2.35. The fraction of sp³-hybridized carbons (Fsp3) is 0.462. The predicted molar refractivity (Wildman–Crippen MR) is 71.6 cm³/mol. The summed E-state index contributed by atoms with van der Waals surface area (Å²) in [6, 6.07) is 2.81. The molecule has 122 valence electrons. The average Bonchev–Trinajstić information content (AvgIpc) is 2.38. The Morgan fingerprint density at radius 1 is 1.36 bits per heavy atom. The number of halogens is 4. The van der Waals surface area contributed by atoms with Gasteiger partial charge in [-0.3, -0.25) is 0 Å². The van der Waals surface area contributed by atoms with Crippen molar-refractivity contribution in [3.05, 3.63) is 35.1 Å². The van der Waals surface area contributed by atoms with E-state index < -0.39 is 38.9 Å². The second-order valence-corrected chi connectivity index (χ2v) is 6.54. The van der Waals surface area contributed by atoms with E-state index in [1.807, 2.05) is 0 Å². The Morgan fingerprint density at radius 2 is 1.95 bits per heavy atom. The molecule has 0 saturated carbocycles. The molecule has 0 bridgehead atoms. The number of benzene rings is 1. The molecule has 0 fully saturated rings. The van der Waals surface area contributed by atoms with Crippen molar-refractivity contribution in [3.8, 4) is 6.07 Å². The summed E-state index contributed by atoms with van der Waals surface area (Å²) >= 11 is 0. The van der Waals surface area contributed by atoms with Gasteiger partial charge in [-0.15, -0.1) is 0 Å². The summed E-state index contributed by atoms with van der Waals surface area (Å²) in [6.07, 6.45) is -4.84. The molecule has 0 aliphatic carbocycles. The van der Waals surface area contributed by atoms with Crippen molar-refractivity contribution in [1.82, 2.24) is 4.72 Å². The number of hydrogen-bond donors (Lipinski definition) is 1. The zero-order chi connectivity index (χ0) is 17.1. The number of sulfonamides is 1. The van der Waals surface area contributed by atoms with Crippen molar-refractivity contribution in [1.29, 1.82) is 5.26 Å². The van der Waals surface area contributed by atoms with Crippen LogP contribution in [0.3, 0.4) is 0 Å². The van der Waals surface area contributed by atoms with Gasteiger partial charge in [0.2, 0.25) is 10.0 Å². The summed E-state index contributed by atoms with van der Waals surface area (Å²) in [5.41, 5.74) is -1.52. The lowest BCUT2D eigenvalue weighted by atomic mass is 10.1. The van der Waals surface area contributed by atoms with Gasteiger partial charge >= 0.3 is 6.18 Å². The Hall–Kier alpha value is -1.66. The molecular formula is C13H14F4N2O2S. The minimum absolute atomic E-state index is 0.0375. The first kappa shape index (κ1) is 18.4. The van der Waals surface area contributed by atoms with Crippen molar-refractivity contribution in [3.63, 3.8) is 0 Å². The molecular weight excluding hydrogens is 324 g/mol. The smallest absolute Gasteiger partial charge is 0.211 e. The summed E-state index contributed by atoms with van der Waals surface area (Å²) in [5, 5.41) is 7.46. The van der Waals surface area contributed by atoms with E-state index in [9.17, 15) is 26.0 Å². The van der Waals surface area contributed by atoms with Crippen LogP contribution in [-0.2, 0) is 16.2 Å². The molecule has 0 saturated heterocycles. The van der Waals surface area contributed by atoms with Crippen molar-refractivity contribution < 1.29 is 26.0 Å². The van der Waals surface area contributed by atoms with Crippen LogP contribution in [0.15, 0.2) is 18.2 Å². The molecule has 1 rings (SSSR count). The Morgan fingerprint density at radius 3 is 2.41 bits per heavy atom. The third-order valence-electron chi connectivity index (χ3n) is 3.03. The van der Waals surface area contributed by atoms with E-state index in [-0.39, 0.29) is 12.0 Å². The van der Waals surface area contributed by atoms with Crippen molar-refractivity contribution in [2.45, 2.75) is 37.7 Å².